The lowest BCUT2D eigenvalue weighted by Gasteiger charge is -2.16. The average molecular weight is 433 g/mol. The fourth-order valence-corrected chi connectivity index (χ4v) is 4.82. The minimum absolute atomic E-state index is 0.698. The van der Waals surface area contributed by atoms with E-state index in [1.54, 1.807) is 28.4 Å². The van der Waals surface area contributed by atoms with Crippen molar-refractivity contribution in [2.24, 2.45) is 0 Å². The number of rotatable bonds is 4. The molecule has 5 aromatic rings. The predicted octanol–water partition coefficient (Wildman–Crippen LogP) is 6.99. The molecule has 0 saturated heterocycles. The van der Waals surface area contributed by atoms with Crippen molar-refractivity contribution in [2.45, 2.75) is 0 Å². The molecule has 31 heavy (non-hydrogen) atoms. The van der Waals surface area contributed by atoms with Crippen molar-refractivity contribution in [1.82, 2.24) is 0 Å². The quantitative estimate of drug-likeness (QED) is 0.226. The number of hydrogen-bond acceptors (Lipinski definition) is 4. The lowest BCUT2D eigenvalue weighted by atomic mass is 9.94. The second-order valence-electron chi connectivity index (χ2n) is 7.30. The third-order valence-electron chi connectivity index (χ3n) is 5.92. The maximum atomic E-state index is 6.93. The molecule has 0 aliphatic carbocycles. The molecule has 0 saturated carbocycles. The minimum atomic E-state index is 0.698. The first-order chi connectivity index (χ1) is 15.1. The van der Waals surface area contributed by atoms with Crippen molar-refractivity contribution in [1.29, 1.82) is 0 Å². The Morgan fingerprint density at radius 1 is 0.452 bits per heavy atom. The number of benzene rings is 5. The SMILES string of the molecule is COc1ccc2c(ccc3c(Cl)c4ccc5c(OC)c(OC)ccc5c4cc32)c1OC. The second kappa shape index (κ2) is 7.40. The Labute approximate surface area is 184 Å². The molecule has 0 aliphatic rings. The number of hydrogen-bond donors (Lipinski definition) is 0. The molecule has 5 aromatic carbocycles. The van der Waals surface area contributed by atoms with E-state index in [0.29, 0.717) is 23.0 Å². The van der Waals surface area contributed by atoms with Crippen LogP contribution in [0.3, 0.4) is 0 Å². The monoisotopic (exact) mass is 432 g/mol. The van der Waals surface area contributed by atoms with E-state index in [2.05, 4.69) is 18.2 Å². The summed E-state index contributed by atoms with van der Waals surface area (Å²) in [4.78, 5) is 0. The van der Waals surface area contributed by atoms with Crippen molar-refractivity contribution in [3.8, 4) is 23.0 Å². The highest BCUT2D eigenvalue weighted by Gasteiger charge is 2.17. The van der Waals surface area contributed by atoms with Gasteiger partial charge in [-0.15, -0.1) is 0 Å². The molecule has 5 rings (SSSR count). The van der Waals surface area contributed by atoms with Gasteiger partial charge >= 0.3 is 0 Å². The van der Waals surface area contributed by atoms with E-state index in [4.69, 9.17) is 30.5 Å². The van der Waals surface area contributed by atoms with E-state index in [-0.39, 0.29) is 0 Å². The van der Waals surface area contributed by atoms with Gasteiger partial charge in [-0.05, 0) is 64.0 Å². The Balaban J connectivity index is 1.96. The van der Waals surface area contributed by atoms with Crippen LogP contribution in [0.1, 0.15) is 0 Å². The third-order valence-corrected chi connectivity index (χ3v) is 6.33. The molecule has 4 nitrogen and oxygen atoms in total. The lowest BCUT2D eigenvalue weighted by Crippen LogP contribution is -1.93. The molecule has 0 bridgehead atoms. The van der Waals surface area contributed by atoms with Crippen LogP contribution in [0.25, 0.3) is 43.1 Å². The van der Waals surface area contributed by atoms with Gasteiger partial charge in [-0.3, -0.25) is 0 Å². The summed E-state index contributed by atoms with van der Waals surface area (Å²) < 4.78 is 22.3. The number of methoxy groups -OCH3 is 4. The van der Waals surface area contributed by atoms with E-state index < -0.39 is 0 Å². The van der Waals surface area contributed by atoms with Crippen molar-refractivity contribution < 1.29 is 18.9 Å². The van der Waals surface area contributed by atoms with Crippen molar-refractivity contribution in [2.75, 3.05) is 28.4 Å². The highest BCUT2D eigenvalue weighted by molar-refractivity contribution is 6.43. The van der Waals surface area contributed by atoms with Gasteiger partial charge in [0, 0.05) is 21.5 Å². The highest BCUT2D eigenvalue weighted by atomic mass is 35.5. The smallest absolute Gasteiger partial charge is 0.168 e. The van der Waals surface area contributed by atoms with Crippen LogP contribution in [-0.2, 0) is 0 Å². The zero-order valence-electron chi connectivity index (χ0n) is 17.7. The minimum Gasteiger partial charge on any atom is -0.493 e. The summed E-state index contributed by atoms with van der Waals surface area (Å²) in [5, 5.41) is 8.88. The van der Waals surface area contributed by atoms with Gasteiger partial charge < -0.3 is 18.9 Å². The van der Waals surface area contributed by atoms with Crippen LogP contribution in [-0.4, -0.2) is 28.4 Å². The number of fused-ring (bicyclic) bond motifs is 6. The maximum absolute atomic E-state index is 6.93. The first-order valence-electron chi connectivity index (χ1n) is 9.86. The summed E-state index contributed by atoms with van der Waals surface area (Å²) in [5.41, 5.74) is 0. The van der Waals surface area contributed by atoms with E-state index in [1.807, 2.05) is 36.4 Å². The second-order valence-corrected chi connectivity index (χ2v) is 7.68. The standard InChI is InChI=1S/C26H21ClO4/c1-28-22-11-9-14-18(25(22)30-3)7-5-16-20(14)13-21-15-10-12-23(29-2)26(31-4)19(15)8-6-17(21)24(16)27/h5-13H,1-4H3. The van der Waals surface area contributed by atoms with Gasteiger partial charge in [-0.1, -0.05) is 23.7 Å². The molecular formula is C26H21ClO4. The lowest BCUT2D eigenvalue weighted by molar-refractivity contribution is 0.358. The molecule has 0 fully saturated rings. The van der Waals surface area contributed by atoms with Crippen LogP contribution < -0.4 is 18.9 Å². The van der Waals surface area contributed by atoms with Crippen LogP contribution in [0.2, 0.25) is 5.02 Å². The fourth-order valence-electron chi connectivity index (χ4n) is 4.49. The molecule has 156 valence electrons. The topological polar surface area (TPSA) is 36.9 Å². The Morgan fingerprint density at radius 3 is 1.23 bits per heavy atom. The molecule has 0 amide bonds. The Bertz CT molecular complexity index is 1380. The van der Waals surface area contributed by atoms with Crippen LogP contribution in [0, 0.1) is 0 Å². The van der Waals surface area contributed by atoms with E-state index >= 15 is 0 Å². The molecule has 0 aromatic heterocycles. The summed E-state index contributed by atoms with van der Waals surface area (Å²) in [7, 11) is 6.59. The Kier molecular flexibility index (Phi) is 4.67. The van der Waals surface area contributed by atoms with Crippen molar-refractivity contribution >= 4 is 54.7 Å². The summed E-state index contributed by atoms with van der Waals surface area (Å²) in [6, 6.07) is 18.3. The van der Waals surface area contributed by atoms with Crippen LogP contribution in [0.4, 0.5) is 0 Å². The van der Waals surface area contributed by atoms with Crippen molar-refractivity contribution in [3.63, 3.8) is 0 Å². The molecule has 0 N–H and O–H groups in total. The fraction of sp³-hybridized carbons (Fsp3) is 0.154. The molecular weight excluding hydrogens is 412 g/mol. The van der Waals surface area contributed by atoms with Gasteiger partial charge in [-0.25, -0.2) is 0 Å². The zero-order chi connectivity index (χ0) is 21.7. The number of halogens is 1. The van der Waals surface area contributed by atoms with E-state index in [9.17, 15) is 0 Å². The van der Waals surface area contributed by atoms with Gasteiger partial charge in [0.1, 0.15) is 0 Å². The van der Waals surface area contributed by atoms with Crippen molar-refractivity contribution in [3.05, 3.63) is 59.6 Å². The Hall–Kier alpha value is -3.37. The van der Waals surface area contributed by atoms with Gasteiger partial charge in [-0.2, -0.15) is 0 Å². The van der Waals surface area contributed by atoms with Crippen LogP contribution >= 0.6 is 11.6 Å². The zero-order valence-corrected chi connectivity index (χ0v) is 18.5. The predicted molar refractivity (Wildman–Crippen MR) is 128 cm³/mol. The normalized spacial score (nSPS) is 11.4. The largest absolute Gasteiger partial charge is 0.493 e. The summed E-state index contributed by atoms with van der Waals surface area (Å²) >= 11 is 6.93. The molecule has 0 spiro atoms. The number of ether oxygens (including phenoxy) is 4. The first kappa shape index (κ1) is 19.6. The van der Waals surface area contributed by atoms with Crippen LogP contribution in [0.5, 0.6) is 23.0 Å². The molecule has 0 heterocycles. The Morgan fingerprint density at radius 2 is 0.839 bits per heavy atom. The van der Waals surface area contributed by atoms with Gasteiger partial charge in [0.05, 0.1) is 33.5 Å². The molecule has 0 unspecified atom stereocenters. The summed E-state index contributed by atoms with van der Waals surface area (Å²) in [6.45, 7) is 0. The molecule has 0 aliphatic heterocycles. The third kappa shape index (κ3) is 2.75. The molecule has 5 heteroatoms. The van der Waals surface area contributed by atoms with E-state index in [1.165, 1.54) is 0 Å². The summed E-state index contributed by atoms with van der Waals surface area (Å²) in [6.07, 6.45) is 0. The highest BCUT2D eigenvalue weighted by Crippen LogP contribution is 2.45. The van der Waals surface area contributed by atoms with Gasteiger partial charge in [0.2, 0.25) is 0 Å². The van der Waals surface area contributed by atoms with Gasteiger partial charge in [0.25, 0.3) is 0 Å². The van der Waals surface area contributed by atoms with E-state index in [0.717, 1.165) is 48.1 Å². The molecule has 0 radical (unpaired) electrons. The first-order valence-corrected chi connectivity index (χ1v) is 10.2. The maximum Gasteiger partial charge on any atom is 0.168 e. The molecule has 0 atom stereocenters. The van der Waals surface area contributed by atoms with Crippen LogP contribution in [0.15, 0.2) is 54.6 Å². The summed E-state index contributed by atoms with van der Waals surface area (Å²) in [5.74, 6) is 2.82. The average Bonchev–Trinajstić information content (AvgIpc) is 2.81. The van der Waals surface area contributed by atoms with Gasteiger partial charge in [0.15, 0.2) is 23.0 Å².